The summed E-state index contributed by atoms with van der Waals surface area (Å²) in [6.45, 7) is 1.77. The molecule has 3 aromatic carbocycles. The molecule has 0 spiro atoms. The number of benzene rings is 3. The molecule has 1 atom stereocenters. The van der Waals surface area contributed by atoms with Crippen LogP contribution < -0.4 is 19.5 Å². The fourth-order valence-electron chi connectivity index (χ4n) is 2.84. The largest absolute Gasteiger partial charge is 0.493 e. The molecule has 0 saturated heterocycles. The first-order valence-corrected chi connectivity index (χ1v) is 12.2. The fourth-order valence-corrected chi connectivity index (χ4v) is 4.80. The van der Waals surface area contributed by atoms with Gasteiger partial charge in [0, 0.05) is 16.3 Å². The maximum Gasteiger partial charge on any atom is 0.261 e. The van der Waals surface area contributed by atoms with Gasteiger partial charge in [-0.3, -0.25) is 9.52 Å². The molecule has 0 radical (unpaired) electrons. The van der Waals surface area contributed by atoms with Crippen LogP contribution in [-0.2, 0) is 14.8 Å². The van der Waals surface area contributed by atoms with Crippen molar-refractivity contribution >= 4 is 39.1 Å². The number of methoxy groups -OCH3 is 2. The monoisotopic (exact) mass is 490 g/mol. The fraction of sp³-hybridized carbons (Fsp3) is 0.174. The lowest BCUT2D eigenvalue weighted by Gasteiger charge is -2.14. The van der Waals surface area contributed by atoms with E-state index < -0.39 is 21.1 Å². The molecule has 0 fully saturated rings. The van der Waals surface area contributed by atoms with Crippen molar-refractivity contribution in [1.29, 1.82) is 0 Å². The molecular weight excluding hydrogens is 467 g/mol. The van der Waals surface area contributed by atoms with E-state index in [0.717, 1.165) is 17.0 Å². The van der Waals surface area contributed by atoms with Crippen LogP contribution in [0.2, 0.25) is 0 Å². The Morgan fingerprint density at radius 1 is 0.909 bits per heavy atom. The molecule has 33 heavy (non-hydrogen) atoms. The number of amides is 1. The molecule has 7 nitrogen and oxygen atoms in total. The predicted molar refractivity (Wildman–Crippen MR) is 127 cm³/mol. The predicted octanol–water partition coefficient (Wildman–Crippen LogP) is 4.76. The van der Waals surface area contributed by atoms with Crippen molar-refractivity contribution in [1.82, 2.24) is 0 Å². The van der Waals surface area contributed by atoms with E-state index in [2.05, 4.69) is 10.0 Å². The van der Waals surface area contributed by atoms with E-state index >= 15 is 0 Å². The van der Waals surface area contributed by atoms with Crippen molar-refractivity contribution in [3.63, 3.8) is 0 Å². The van der Waals surface area contributed by atoms with Crippen LogP contribution in [-0.4, -0.2) is 33.8 Å². The number of halogens is 1. The number of sulfonamides is 1. The quantitative estimate of drug-likeness (QED) is 0.420. The lowest BCUT2D eigenvalue weighted by atomic mass is 10.3. The summed E-state index contributed by atoms with van der Waals surface area (Å²) in [5.41, 5.74) is 0.704. The summed E-state index contributed by atoms with van der Waals surface area (Å²) in [6.07, 6.45) is 0. The number of hydrogen-bond acceptors (Lipinski definition) is 6. The molecule has 0 heterocycles. The summed E-state index contributed by atoms with van der Waals surface area (Å²) in [7, 11) is -0.757. The molecule has 3 rings (SSSR count). The van der Waals surface area contributed by atoms with Crippen molar-refractivity contribution in [3.05, 3.63) is 72.5 Å². The number of carbonyl (C=O) groups excluding carboxylic acids is 1. The molecule has 0 saturated carbocycles. The van der Waals surface area contributed by atoms with Crippen molar-refractivity contribution in [3.8, 4) is 11.5 Å². The van der Waals surface area contributed by atoms with E-state index in [-0.39, 0.29) is 16.5 Å². The zero-order valence-corrected chi connectivity index (χ0v) is 19.8. The minimum atomic E-state index is -3.85. The highest BCUT2D eigenvalue weighted by Gasteiger charge is 2.18. The average molecular weight is 491 g/mol. The van der Waals surface area contributed by atoms with Gasteiger partial charge in [0.2, 0.25) is 5.91 Å². The van der Waals surface area contributed by atoms with Gasteiger partial charge in [0.1, 0.15) is 5.82 Å². The van der Waals surface area contributed by atoms with E-state index in [1.807, 2.05) is 6.07 Å². The van der Waals surface area contributed by atoms with Gasteiger partial charge in [-0.1, -0.05) is 0 Å². The van der Waals surface area contributed by atoms with Gasteiger partial charge in [-0.2, -0.15) is 0 Å². The van der Waals surface area contributed by atoms with Crippen molar-refractivity contribution in [2.45, 2.75) is 22.0 Å². The highest BCUT2D eigenvalue weighted by Crippen LogP contribution is 2.33. The topological polar surface area (TPSA) is 93.7 Å². The van der Waals surface area contributed by atoms with Gasteiger partial charge in [-0.15, -0.1) is 11.8 Å². The summed E-state index contributed by atoms with van der Waals surface area (Å²) >= 11 is 1.35. The molecule has 1 amide bonds. The molecule has 0 aromatic heterocycles. The Morgan fingerprint density at radius 2 is 1.52 bits per heavy atom. The second-order valence-electron chi connectivity index (χ2n) is 6.90. The zero-order chi connectivity index (χ0) is 24.0. The minimum Gasteiger partial charge on any atom is -0.493 e. The number of ether oxygens (including phenoxy) is 2. The third kappa shape index (κ3) is 6.39. The Hall–Kier alpha value is -3.24. The van der Waals surface area contributed by atoms with E-state index in [4.69, 9.17) is 9.47 Å². The van der Waals surface area contributed by atoms with Gasteiger partial charge in [-0.25, -0.2) is 12.8 Å². The molecule has 0 aliphatic heterocycles. The van der Waals surface area contributed by atoms with E-state index in [9.17, 15) is 17.6 Å². The van der Waals surface area contributed by atoms with Gasteiger partial charge in [0.05, 0.1) is 24.4 Å². The van der Waals surface area contributed by atoms with Crippen LogP contribution in [0.1, 0.15) is 6.92 Å². The maximum atomic E-state index is 13.0. The van der Waals surface area contributed by atoms with Crippen molar-refractivity contribution in [2.75, 3.05) is 24.3 Å². The lowest BCUT2D eigenvalue weighted by molar-refractivity contribution is -0.115. The third-order valence-electron chi connectivity index (χ3n) is 4.57. The van der Waals surface area contributed by atoms with Crippen LogP contribution in [0.4, 0.5) is 15.8 Å². The van der Waals surface area contributed by atoms with Gasteiger partial charge >= 0.3 is 0 Å². The summed E-state index contributed by atoms with van der Waals surface area (Å²) in [6, 6.07) is 16.2. The third-order valence-corrected chi connectivity index (χ3v) is 7.06. The highest BCUT2D eigenvalue weighted by atomic mass is 32.2. The highest BCUT2D eigenvalue weighted by molar-refractivity contribution is 8.00. The Kier molecular flexibility index (Phi) is 7.83. The number of nitrogens with one attached hydrogen (secondary N) is 2. The minimum absolute atomic E-state index is 0.0116. The maximum absolute atomic E-state index is 13.0. The molecule has 10 heteroatoms. The molecule has 0 aliphatic carbocycles. The van der Waals surface area contributed by atoms with Gasteiger partial charge < -0.3 is 14.8 Å². The Balaban J connectivity index is 1.63. The lowest BCUT2D eigenvalue weighted by Crippen LogP contribution is -2.22. The van der Waals surface area contributed by atoms with Crippen LogP contribution >= 0.6 is 11.8 Å². The van der Waals surface area contributed by atoms with Crippen LogP contribution in [0.3, 0.4) is 0 Å². The SMILES string of the molecule is COc1ccc(S[C@H](C)C(=O)Nc2ccc(S(=O)(=O)Nc3ccc(F)cc3)cc2)cc1OC. The smallest absolute Gasteiger partial charge is 0.261 e. The molecule has 3 aromatic rings. The van der Waals surface area contributed by atoms with Gasteiger partial charge in [0.25, 0.3) is 10.0 Å². The molecule has 174 valence electrons. The second-order valence-corrected chi connectivity index (χ2v) is 10.00. The molecular formula is C23H23FN2O5S2. The summed E-state index contributed by atoms with van der Waals surface area (Å²) < 4.78 is 50.9. The van der Waals surface area contributed by atoms with Crippen molar-refractivity contribution < 1.29 is 27.1 Å². The normalized spacial score (nSPS) is 12.0. The van der Waals surface area contributed by atoms with Crippen molar-refractivity contribution in [2.24, 2.45) is 0 Å². The number of thioether (sulfide) groups is 1. The molecule has 0 aliphatic rings. The first-order chi connectivity index (χ1) is 15.7. The van der Waals surface area contributed by atoms with E-state index in [1.165, 1.54) is 48.2 Å². The van der Waals surface area contributed by atoms with Crippen LogP contribution in [0.5, 0.6) is 11.5 Å². The number of anilines is 2. The molecule has 0 bridgehead atoms. The summed E-state index contributed by atoms with van der Waals surface area (Å²) in [5.74, 6) is 0.468. The van der Waals surface area contributed by atoms with E-state index in [0.29, 0.717) is 17.2 Å². The standard InChI is InChI=1S/C23H23FN2O5S2/c1-15(32-19-10-13-21(30-2)22(14-19)31-3)23(27)25-17-8-11-20(12-9-17)33(28,29)26-18-6-4-16(24)5-7-18/h4-15,26H,1-3H3,(H,25,27)/t15-/m1/s1. The van der Waals surface area contributed by atoms with Gasteiger partial charge in [0.15, 0.2) is 11.5 Å². The Labute approximate surface area is 196 Å². The molecule has 2 N–H and O–H groups in total. The number of rotatable bonds is 9. The summed E-state index contributed by atoms with van der Waals surface area (Å²) in [4.78, 5) is 13.4. The van der Waals surface area contributed by atoms with Crippen LogP contribution in [0.25, 0.3) is 0 Å². The van der Waals surface area contributed by atoms with Gasteiger partial charge in [-0.05, 0) is 73.7 Å². The van der Waals surface area contributed by atoms with Crippen LogP contribution in [0.15, 0.2) is 76.5 Å². The molecule has 0 unspecified atom stereocenters. The average Bonchev–Trinajstić information content (AvgIpc) is 2.80. The summed E-state index contributed by atoms with van der Waals surface area (Å²) in [5, 5.41) is 2.35. The first kappa shape index (κ1) is 24.4. The zero-order valence-electron chi connectivity index (χ0n) is 18.2. The Morgan fingerprint density at radius 3 is 2.12 bits per heavy atom. The number of hydrogen-bond donors (Lipinski definition) is 2. The second kappa shape index (κ2) is 10.6. The van der Waals surface area contributed by atoms with Crippen LogP contribution in [0, 0.1) is 5.82 Å². The number of carbonyl (C=O) groups is 1. The van der Waals surface area contributed by atoms with E-state index in [1.54, 1.807) is 33.3 Å². The first-order valence-electron chi connectivity index (χ1n) is 9.80. The Bertz CT molecular complexity index is 1220.